The summed E-state index contributed by atoms with van der Waals surface area (Å²) in [6, 6.07) is 22.2. The lowest BCUT2D eigenvalue weighted by molar-refractivity contribution is 0.807. The maximum Gasteiger partial charge on any atom is 0.280 e. The molecule has 0 unspecified atom stereocenters. The van der Waals surface area contributed by atoms with Crippen LogP contribution in [0.3, 0.4) is 0 Å². The topological polar surface area (TPSA) is 113 Å². The molecule has 0 atom stereocenters. The molecule has 0 saturated carbocycles. The molecular weight excluding hydrogens is 400 g/mol. The van der Waals surface area contributed by atoms with E-state index in [2.05, 4.69) is 21.1 Å². The second-order valence-corrected chi connectivity index (χ2v) is 7.06. The van der Waals surface area contributed by atoms with E-state index in [0.29, 0.717) is 28.3 Å². The number of nitrogens with two attached hydrogens (primary N) is 1. The van der Waals surface area contributed by atoms with Crippen LogP contribution in [0.5, 0.6) is 0 Å². The number of aliphatic imine (C=N–C) groups is 1. The average molecular weight is 420 g/mol. The van der Waals surface area contributed by atoms with E-state index in [9.17, 15) is 4.79 Å². The molecule has 4 rings (SSSR count). The summed E-state index contributed by atoms with van der Waals surface area (Å²) >= 11 is 0. The Kier molecular flexibility index (Phi) is 5.77. The molecule has 0 bridgehead atoms. The molecule has 2 heterocycles. The molecule has 0 spiro atoms. The molecule has 0 aliphatic heterocycles. The van der Waals surface area contributed by atoms with Crippen LogP contribution in [0, 0.1) is 18.3 Å². The zero-order valence-corrected chi connectivity index (χ0v) is 17.4. The van der Waals surface area contributed by atoms with Gasteiger partial charge in [-0.15, -0.1) is 0 Å². The van der Waals surface area contributed by atoms with Crippen LogP contribution >= 0.6 is 0 Å². The molecule has 156 valence electrons. The first-order valence-corrected chi connectivity index (χ1v) is 9.90. The summed E-state index contributed by atoms with van der Waals surface area (Å²) in [5.74, 6) is 0.453. The molecule has 2 aromatic carbocycles. The van der Waals surface area contributed by atoms with Crippen LogP contribution in [0.15, 0.2) is 88.9 Å². The zero-order chi connectivity index (χ0) is 22.5. The van der Waals surface area contributed by atoms with Crippen molar-refractivity contribution in [3.8, 4) is 23.0 Å². The number of rotatable bonds is 5. The lowest BCUT2D eigenvalue weighted by Crippen LogP contribution is -2.16. The van der Waals surface area contributed by atoms with E-state index in [4.69, 9.17) is 11.0 Å². The van der Waals surface area contributed by atoms with Crippen molar-refractivity contribution in [2.45, 2.75) is 6.92 Å². The van der Waals surface area contributed by atoms with Crippen LogP contribution in [-0.4, -0.2) is 21.0 Å². The number of aromatic nitrogens is 3. The summed E-state index contributed by atoms with van der Waals surface area (Å²) in [4.78, 5) is 21.8. The van der Waals surface area contributed by atoms with Crippen LogP contribution in [0.4, 0.5) is 5.69 Å². The smallest absolute Gasteiger partial charge is 0.280 e. The molecule has 0 saturated heterocycles. The third-order valence-corrected chi connectivity index (χ3v) is 4.97. The fourth-order valence-electron chi connectivity index (χ4n) is 3.33. The Bertz CT molecular complexity index is 1390. The van der Waals surface area contributed by atoms with E-state index >= 15 is 0 Å². The highest BCUT2D eigenvalue weighted by atomic mass is 16.1. The van der Waals surface area contributed by atoms with Crippen LogP contribution in [-0.2, 0) is 0 Å². The Labute approximate surface area is 184 Å². The monoisotopic (exact) mass is 420 g/mol. The predicted octanol–water partition coefficient (Wildman–Crippen LogP) is 4.11. The molecule has 2 aromatic heterocycles. The largest absolute Gasteiger partial charge is 0.404 e. The minimum atomic E-state index is -0.214. The van der Waals surface area contributed by atoms with Gasteiger partial charge in [0.2, 0.25) is 0 Å². The number of nitrogens with one attached hydrogen (secondary N) is 1. The Hall–Kier alpha value is -4.70. The minimum Gasteiger partial charge on any atom is -0.404 e. The number of H-pyrrole nitrogens is 1. The third kappa shape index (κ3) is 4.11. The van der Waals surface area contributed by atoms with Gasteiger partial charge >= 0.3 is 0 Å². The van der Waals surface area contributed by atoms with E-state index in [1.165, 1.54) is 10.9 Å². The number of benzene rings is 2. The molecule has 0 radical (unpaired) electrons. The van der Waals surface area contributed by atoms with Gasteiger partial charge in [-0.05, 0) is 42.3 Å². The highest BCUT2D eigenvalue weighted by Crippen LogP contribution is 2.21. The van der Waals surface area contributed by atoms with E-state index < -0.39 is 0 Å². The van der Waals surface area contributed by atoms with Crippen molar-refractivity contribution in [2.24, 2.45) is 10.7 Å². The van der Waals surface area contributed by atoms with Gasteiger partial charge in [0, 0.05) is 23.7 Å². The normalized spacial score (nSPS) is 11.6. The van der Waals surface area contributed by atoms with Crippen molar-refractivity contribution in [3.05, 3.63) is 106 Å². The lowest BCUT2D eigenvalue weighted by atomic mass is 10.1. The lowest BCUT2D eigenvalue weighted by Gasteiger charge is -2.02. The third-order valence-electron chi connectivity index (χ3n) is 4.97. The first kappa shape index (κ1) is 20.6. The molecule has 4 aromatic rings. The summed E-state index contributed by atoms with van der Waals surface area (Å²) in [6.45, 7) is 1.83. The molecule has 0 aliphatic rings. The second-order valence-electron chi connectivity index (χ2n) is 7.06. The SMILES string of the molecule is Cc1[nH]n(-c2ccc(N=CC(=CN)c3ccccc3)cn2)c(=O)c1-c1ccc(C#N)cc1. The number of hydrogen-bond acceptors (Lipinski definition) is 5. The molecule has 0 fully saturated rings. The van der Waals surface area contributed by atoms with E-state index in [1.807, 2.05) is 37.3 Å². The van der Waals surface area contributed by atoms with Crippen molar-refractivity contribution in [1.29, 1.82) is 5.26 Å². The summed E-state index contributed by atoms with van der Waals surface area (Å²) in [5.41, 5.74) is 10.4. The van der Waals surface area contributed by atoms with Crippen molar-refractivity contribution in [3.63, 3.8) is 0 Å². The zero-order valence-electron chi connectivity index (χ0n) is 17.4. The number of nitrogens with zero attached hydrogens (tertiary/aromatic N) is 4. The fourth-order valence-corrected chi connectivity index (χ4v) is 3.33. The molecule has 3 N–H and O–H groups in total. The first-order valence-electron chi connectivity index (χ1n) is 9.90. The van der Waals surface area contributed by atoms with Crippen LogP contribution in [0.25, 0.3) is 22.5 Å². The number of nitriles is 1. The van der Waals surface area contributed by atoms with Crippen LogP contribution < -0.4 is 11.3 Å². The van der Waals surface area contributed by atoms with Gasteiger partial charge in [0.25, 0.3) is 5.56 Å². The number of aromatic amines is 1. The van der Waals surface area contributed by atoms with Gasteiger partial charge in [-0.1, -0.05) is 42.5 Å². The maximum atomic E-state index is 13.0. The van der Waals surface area contributed by atoms with Crippen molar-refractivity contribution in [2.75, 3.05) is 0 Å². The minimum absolute atomic E-state index is 0.214. The number of allylic oxidation sites excluding steroid dienone is 1. The fraction of sp³-hybridized carbons (Fsp3) is 0.0400. The Morgan fingerprint density at radius 3 is 2.50 bits per heavy atom. The van der Waals surface area contributed by atoms with Gasteiger partial charge < -0.3 is 5.73 Å². The van der Waals surface area contributed by atoms with E-state index in [1.54, 1.807) is 48.8 Å². The molecular formula is C25H20N6O. The van der Waals surface area contributed by atoms with E-state index in [-0.39, 0.29) is 5.56 Å². The van der Waals surface area contributed by atoms with Gasteiger partial charge in [0.15, 0.2) is 5.82 Å². The van der Waals surface area contributed by atoms with E-state index in [0.717, 1.165) is 16.7 Å². The van der Waals surface area contributed by atoms with Gasteiger partial charge in [0.1, 0.15) is 0 Å². The Balaban J connectivity index is 1.60. The number of aryl methyl sites for hydroxylation is 1. The number of pyridine rings is 1. The number of hydrogen-bond donors (Lipinski definition) is 2. The summed E-state index contributed by atoms with van der Waals surface area (Å²) in [7, 11) is 0. The van der Waals surface area contributed by atoms with Crippen molar-refractivity contribution < 1.29 is 0 Å². The van der Waals surface area contributed by atoms with Crippen molar-refractivity contribution >= 4 is 17.5 Å². The van der Waals surface area contributed by atoms with Crippen LogP contribution in [0.2, 0.25) is 0 Å². The molecule has 32 heavy (non-hydrogen) atoms. The highest BCUT2D eigenvalue weighted by Gasteiger charge is 2.15. The molecule has 0 aliphatic carbocycles. The standard InChI is InChI=1S/C25H20N6O/c1-17-24(20-9-7-18(13-26)8-10-20)25(32)31(30-17)23-12-11-22(16-29-23)28-15-21(14-27)19-5-3-2-4-6-19/h2-12,14-16,30H,27H2,1H3. The average Bonchev–Trinajstić information content (AvgIpc) is 3.14. The Morgan fingerprint density at radius 2 is 1.88 bits per heavy atom. The predicted molar refractivity (Wildman–Crippen MR) is 126 cm³/mol. The molecule has 7 nitrogen and oxygen atoms in total. The quantitative estimate of drug-likeness (QED) is 0.473. The summed E-state index contributed by atoms with van der Waals surface area (Å²) in [6.07, 6.45) is 4.78. The first-order chi connectivity index (χ1) is 15.6. The molecule has 7 heteroatoms. The Morgan fingerprint density at radius 1 is 1.12 bits per heavy atom. The highest BCUT2D eigenvalue weighted by molar-refractivity contribution is 6.10. The van der Waals surface area contributed by atoms with Crippen molar-refractivity contribution in [1.82, 2.24) is 14.8 Å². The van der Waals surface area contributed by atoms with Gasteiger partial charge in [-0.2, -0.15) is 5.26 Å². The van der Waals surface area contributed by atoms with Gasteiger partial charge in [0.05, 0.1) is 29.1 Å². The van der Waals surface area contributed by atoms with Gasteiger partial charge in [-0.3, -0.25) is 14.9 Å². The van der Waals surface area contributed by atoms with Crippen LogP contribution in [0.1, 0.15) is 16.8 Å². The van der Waals surface area contributed by atoms with Gasteiger partial charge in [-0.25, -0.2) is 9.67 Å². The second kappa shape index (κ2) is 8.98. The summed E-state index contributed by atoms with van der Waals surface area (Å²) < 4.78 is 1.39. The maximum absolute atomic E-state index is 13.0. The summed E-state index contributed by atoms with van der Waals surface area (Å²) in [5, 5.41) is 12.0. The molecule has 0 amide bonds.